The lowest BCUT2D eigenvalue weighted by Crippen LogP contribution is -2.32. The van der Waals surface area contributed by atoms with Crippen LogP contribution in [-0.2, 0) is 6.54 Å². The number of amides is 1. The number of carbonyl (C=O) groups excluding carboxylic acids is 1. The summed E-state index contributed by atoms with van der Waals surface area (Å²) in [7, 11) is 0. The van der Waals surface area contributed by atoms with Crippen LogP contribution < -0.4 is 10.6 Å². The summed E-state index contributed by atoms with van der Waals surface area (Å²) in [5, 5.41) is 6.35. The molecular weight excluding hydrogens is 260 g/mol. The van der Waals surface area contributed by atoms with Crippen LogP contribution in [0.4, 0.5) is 5.69 Å². The van der Waals surface area contributed by atoms with Crippen molar-refractivity contribution >= 4 is 11.6 Å². The number of anilines is 1. The van der Waals surface area contributed by atoms with E-state index in [4.69, 9.17) is 0 Å². The van der Waals surface area contributed by atoms with Crippen LogP contribution in [0.15, 0.2) is 54.6 Å². The summed E-state index contributed by atoms with van der Waals surface area (Å²) in [5.41, 5.74) is 2.74. The number of para-hydroxylation sites is 1. The van der Waals surface area contributed by atoms with Gasteiger partial charge in [0.15, 0.2) is 0 Å². The molecule has 2 N–H and O–H groups in total. The van der Waals surface area contributed by atoms with Gasteiger partial charge >= 0.3 is 0 Å². The van der Waals surface area contributed by atoms with Crippen LogP contribution in [-0.4, -0.2) is 11.9 Å². The van der Waals surface area contributed by atoms with E-state index in [0.29, 0.717) is 12.1 Å². The van der Waals surface area contributed by atoms with Crippen LogP contribution in [0.3, 0.4) is 0 Å². The Hall–Kier alpha value is -2.29. The number of hydrogen-bond acceptors (Lipinski definition) is 2. The van der Waals surface area contributed by atoms with E-state index in [1.54, 1.807) is 0 Å². The fourth-order valence-electron chi connectivity index (χ4n) is 2.03. The van der Waals surface area contributed by atoms with Gasteiger partial charge in [0, 0.05) is 18.3 Å². The molecule has 0 aliphatic rings. The Balaban J connectivity index is 2.08. The summed E-state index contributed by atoms with van der Waals surface area (Å²) in [6, 6.07) is 17.9. The SMILES string of the molecule is CCC(C)NC(=O)c1ccccc1NCc1ccccc1. The topological polar surface area (TPSA) is 41.1 Å². The fourth-order valence-corrected chi connectivity index (χ4v) is 2.03. The van der Waals surface area contributed by atoms with Gasteiger partial charge in [0.2, 0.25) is 0 Å². The van der Waals surface area contributed by atoms with Gasteiger partial charge in [0.05, 0.1) is 5.56 Å². The van der Waals surface area contributed by atoms with Gasteiger partial charge in [-0.2, -0.15) is 0 Å². The molecule has 0 fully saturated rings. The molecule has 3 heteroatoms. The van der Waals surface area contributed by atoms with Crippen molar-refractivity contribution in [1.82, 2.24) is 5.32 Å². The molecular formula is C18H22N2O. The normalized spacial score (nSPS) is 11.7. The largest absolute Gasteiger partial charge is 0.380 e. The van der Waals surface area contributed by atoms with E-state index in [1.807, 2.05) is 49.4 Å². The van der Waals surface area contributed by atoms with Crippen LogP contribution in [0.5, 0.6) is 0 Å². The van der Waals surface area contributed by atoms with Crippen molar-refractivity contribution in [2.45, 2.75) is 32.9 Å². The van der Waals surface area contributed by atoms with Crippen molar-refractivity contribution in [3.63, 3.8) is 0 Å². The fraction of sp³-hybridized carbons (Fsp3) is 0.278. The Bertz CT molecular complexity index is 581. The van der Waals surface area contributed by atoms with E-state index in [1.165, 1.54) is 5.56 Å². The lowest BCUT2D eigenvalue weighted by Gasteiger charge is -2.15. The van der Waals surface area contributed by atoms with Gasteiger partial charge in [-0.05, 0) is 31.0 Å². The first kappa shape index (κ1) is 15.1. The van der Waals surface area contributed by atoms with E-state index < -0.39 is 0 Å². The lowest BCUT2D eigenvalue weighted by molar-refractivity contribution is 0.0940. The van der Waals surface area contributed by atoms with E-state index in [0.717, 1.165) is 12.1 Å². The van der Waals surface area contributed by atoms with Crippen molar-refractivity contribution < 1.29 is 4.79 Å². The third-order valence-electron chi connectivity index (χ3n) is 3.49. The van der Waals surface area contributed by atoms with Gasteiger partial charge < -0.3 is 10.6 Å². The highest BCUT2D eigenvalue weighted by molar-refractivity contribution is 5.99. The standard InChI is InChI=1S/C18H22N2O/c1-3-14(2)20-18(21)16-11-7-8-12-17(16)19-13-15-9-5-4-6-10-15/h4-12,14,19H,3,13H2,1-2H3,(H,20,21). The van der Waals surface area contributed by atoms with Crippen LogP contribution in [0, 0.1) is 0 Å². The first-order valence-electron chi connectivity index (χ1n) is 7.38. The summed E-state index contributed by atoms with van der Waals surface area (Å²) in [6.07, 6.45) is 0.922. The highest BCUT2D eigenvalue weighted by Gasteiger charge is 2.12. The Labute approximate surface area is 126 Å². The lowest BCUT2D eigenvalue weighted by atomic mass is 10.1. The molecule has 0 spiro atoms. The number of benzene rings is 2. The van der Waals surface area contributed by atoms with Crippen molar-refractivity contribution in [2.24, 2.45) is 0 Å². The summed E-state index contributed by atoms with van der Waals surface area (Å²) < 4.78 is 0. The molecule has 3 nitrogen and oxygen atoms in total. The Morgan fingerprint density at radius 1 is 1.05 bits per heavy atom. The quantitative estimate of drug-likeness (QED) is 0.845. The Morgan fingerprint density at radius 3 is 2.43 bits per heavy atom. The van der Waals surface area contributed by atoms with Gasteiger partial charge in [0.1, 0.15) is 0 Å². The molecule has 0 bridgehead atoms. The maximum absolute atomic E-state index is 12.3. The number of carbonyl (C=O) groups is 1. The maximum Gasteiger partial charge on any atom is 0.253 e. The average molecular weight is 282 g/mol. The van der Waals surface area contributed by atoms with Crippen molar-refractivity contribution in [1.29, 1.82) is 0 Å². The highest BCUT2D eigenvalue weighted by atomic mass is 16.1. The van der Waals surface area contributed by atoms with Gasteiger partial charge in [0.25, 0.3) is 5.91 Å². The molecule has 1 atom stereocenters. The van der Waals surface area contributed by atoms with Crippen molar-refractivity contribution in [3.8, 4) is 0 Å². The molecule has 1 amide bonds. The smallest absolute Gasteiger partial charge is 0.253 e. The average Bonchev–Trinajstić information content (AvgIpc) is 2.54. The van der Waals surface area contributed by atoms with E-state index in [-0.39, 0.29) is 11.9 Å². The summed E-state index contributed by atoms with van der Waals surface area (Å²) >= 11 is 0. The van der Waals surface area contributed by atoms with Gasteiger partial charge in [-0.15, -0.1) is 0 Å². The van der Waals surface area contributed by atoms with Crippen LogP contribution in [0.25, 0.3) is 0 Å². The first-order valence-corrected chi connectivity index (χ1v) is 7.38. The van der Waals surface area contributed by atoms with Gasteiger partial charge in [-0.3, -0.25) is 4.79 Å². The number of hydrogen-bond donors (Lipinski definition) is 2. The minimum atomic E-state index is -0.0273. The molecule has 0 aliphatic heterocycles. The first-order chi connectivity index (χ1) is 10.2. The monoisotopic (exact) mass is 282 g/mol. The summed E-state index contributed by atoms with van der Waals surface area (Å²) in [6.45, 7) is 4.77. The second kappa shape index (κ2) is 7.48. The Kier molecular flexibility index (Phi) is 5.38. The third kappa shape index (κ3) is 4.35. The summed E-state index contributed by atoms with van der Waals surface area (Å²) in [4.78, 5) is 12.3. The van der Waals surface area contributed by atoms with E-state index in [9.17, 15) is 4.79 Å². The van der Waals surface area contributed by atoms with Gasteiger partial charge in [-0.25, -0.2) is 0 Å². The maximum atomic E-state index is 12.3. The van der Waals surface area contributed by atoms with E-state index >= 15 is 0 Å². The second-order valence-corrected chi connectivity index (χ2v) is 5.17. The highest BCUT2D eigenvalue weighted by Crippen LogP contribution is 2.16. The molecule has 2 aromatic carbocycles. The molecule has 0 saturated carbocycles. The molecule has 0 saturated heterocycles. The minimum absolute atomic E-state index is 0.0273. The molecule has 2 aromatic rings. The van der Waals surface area contributed by atoms with Crippen LogP contribution >= 0.6 is 0 Å². The van der Waals surface area contributed by atoms with Crippen molar-refractivity contribution in [2.75, 3.05) is 5.32 Å². The predicted octanol–water partition coefficient (Wildman–Crippen LogP) is 3.83. The molecule has 0 aliphatic carbocycles. The molecule has 0 radical (unpaired) electrons. The van der Waals surface area contributed by atoms with E-state index in [2.05, 4.69) is 29.7 Å². The Morgan fingerprint density at radius 2 is 1.71 bits per heavy atom. The zero-order chi connectivity index (χ0) is 15.1. The predicted molar refractivity (Wildman–Crippen MR) is 87.4 cm³/mol. The molecule has 0 aromatic heterocycles. The van der Waals surface area contributed by atoms with Crippen LogP contribution in [0.1, 0.15) is 36.2 Å². The number of rotatable bonds is 6. The van der Waals surface area contributed by atoms with Crippen molar-refractivity contribution in [3.05, 3.63) is 65.7 Å². The third-order valence-corrected chi connectivity index (χ3v) is 3.49. The zero-order valence-corrected chi connectivity index (χ0v) is 12.6. The summed E-state index contributed by atoms with van der Waals surface area (Å²) in [5.74, 6) is -0.0273. The molecule has 0 heterocycles. The minimum Gasteiger partial charge on any atom is -0.380 e. The molecule has 110 valence electrons. The zero-order valence-electron chi connectivity index (χ0n) is 12.6. The number of nitrogens with one attached hydrogen (secondary N) is 2. The molecule has 1 unspecified atom stereocenters. The second-order valence-electron chi connectivity index (χ2n) is 5.17. The molecule has 21 heavy (non-hydrogen) atoms. The van der Waals surface area contributed by atoms with Gasteiger partial charge in [-0.1, -0.05) is 49.4 Å². The van der Waals surface area contributed by atoms with Crippen LogP contribution in [0.2, 0.25) is 0 Å². The molecule has 2 rings (SSSR count).